The van der Waals surface area contributed by atoms with Crippen LogP contribution in [0.4, 0.5) is 22.0 Å². The van der Waals surface area contributed by atoms with Crippen molar-refractivity contribution in [3.63, 3.8) is 0 Å². The number of hydrogen-bond acceptors (Lipinski definition) is 5. The number of allylic oxidation sites excluding steroid dienone is 4. The third kappa shape index (κ3) is 7.67. The first-order valence-corrected chi connectivity index (χ1v) is 16.5. The number of aromatic amines is 1. The van der Waals surface area contributed by atoms with Crippen LogP contribution in [0.3, 0.4) is 0 Å². The number of amides is 1. The van der Waals surface area contributed by atoms with Gasteiger partial charge in [0.2, 0.25) is 0 Å². The SMILES string of the molecule is C#CN.CC.CC1COc2c1cc(C(CNC(=O)c1ccc3nc(C4CC4)[nH]c3c1)C1C=CC=CC1)nc2-c1cc(C(F)(F)F)c(F)cc1F. The molecule has 12 heteroatoms. The highest BCUT2D eigenvalue weighted by Gasteiger charge is 2.37. The van der Waals surface area contributed by atoms with Crippen molar-refractivity contribution in [1.29, 1.82) is 0 Å². The molecule has 3 aliphatic rings. The van der Waals surface area contributed by atoms with E-state index in [1.807, 2.05) is 51.1 Å². The Labute approximate surface area is 287 Å². The summed E-state index contributed by atoms with van der Waals surface area (Å²) in [6.07, 6.45) is 9.93. The fourth-order valence-electron chi connectivity index (χ4n) is 6.11. The number of hydrogen-bond donors (Lipinski definition) is 3. The molecule has 7 rings (SSSR count). The van der Waals surface area contributed by atoms with Crippen molar-refractivity contribution in [2.24, 2.45) is 11.7 Å². The van der Waals surface area contributed by atoms with E-state index >= 15 is 4.39 Å². The maximum Gasteiger partial charge on any atom is 0.419 e. The Bertz CT molecular complexity index is 1970. The lowest BCUT2D eigenvalue weighted by Crippen LogP contribution is -2.32. The summed E-state index contributed by atoms with van der Waals surface area (Å²) in [5, 5.41) is 3.01. The number of ether oxygens (including phenoxy) is 1. The maximum atomic E-state index is 15.2. The Morgan fingerprint density at radius 3 is 2.52 bits per heavy atom. The summed E-state index contributed by atoms with van der Waals surface area (Å²) in [6, 6.07) is 9.54. The van der Waals surface area contributed by atoms with E-state index in [1.54, 1.807) is 24.2 Å². The molecule has 1 amide bonds. The topological polar surface area (TPSA) is 106 Å². The predicted octanol–water partition coefficient (Wildman–Crippen LogP) is 8.50. The van der Waals surface area contributed by atoms with Gasteiger partial charge in [0.15, 0.2) is 0 Å². The van der Waals surface area contributed by atoms with Gasteiger partial charge in [0.05, 0.1) is 23.2 Å². The van der Waals surface area contributed by atoms with Gasteiger partial charge in [-0.15, -0.1) is 0 Å². The van der Waals surface area contributed by atoms with Gasteiger partial charge < -0.3 is 20.8 Å². The number of alkyl halides is 3. The maximum absolute atomic E-state index is 15.2. The average molecular weight is 692 g/mol. The first-order chi connectivity index (χ1) is 24.0. The summed E-state index contributed by atoms with van der Waals surface area (Å²) in [5.74, 6) is -2.35. The number of nitrogens with zero attached hydrogens (tertiary/aromatic N) is 2. The average Bonchev–Trinajstić information content (AvgIpc) is 3.76. The Kier molecular flexibility index (Phi) is 10.9. The number of carbonyl (C=O) groups is 1. The number of rotatable bonds is 7. The van der Waals surface area contributed by atoms with E-state index in [2.05, 4.69) is 32.4 Å². The molecule has 3 unspecified atom stereocenters. The van der Waals surface area contributed by atoms with Gasteiger partial charge in [-0.3, -0.25) is 4.79 Å². The van der Waals surface area contributed by atoms with Crippen LogP contribution in [0.25, 0.3) is 22.3 Å². The number of fused-ring (bicyclic) bond motifs is 2. The largest absolute Gasteiger partial charge is 0.490 e. The minimum Gasteiger partial charge on any atom is -0.490 e. The first-order valence-electron chi connectivity index (χ1n) is 16.5. The number of H-pyrrole nitrogens is 1. The van der Waals surface area contributed by atoms with Crippen molar-refractivity contribution in [2.75, 3.05) is 13.2 Å². The van der Waals surface area contributed by atoms with Crippen molar-refractivity contribution < 1.29 is 31.5 Å². The molecule has 0 radical (unpaired) electrons. The molecule has 3 atom stereocenters. The first kappa shape index (κ1) is 36.1. The van der Waals surface area contributed by atoms with Gasteiger partial charge in [0, 0.05) is 52.7 Å². The van der Waals surface area contributed by atoms with Crippen molar-refractivity contribution in [3.05, 3.63) is 101 Å². The van der Waals surface area contributed by atoms with Crippen molar-refractivity contribution in [3.8, 4) is 29.5 Å². The molecule has 4 aromatic rings. The van der Waals surface area contributed by atoms with Gasteiger partial charge >= 0.3 is 6.18 Å². The smallest absolute Gasteiger partial charge is 0.419 e. The van der Waals surface area contributed by atoms with Crippen molar-refractivity contribution in [2.45, 2.75) is 64.0 Å². The summed E-state index contributed by atoms with van der Waals surface area (Å²) >= 11 is 0. The second-order valence-electron chi connectivity index (χ2n) is 12.2. The third-order valence-corrected chi connectivity index (χ3v) is 8.77. The molecule has 1 aliphatic heterocycles. The van der Waals surface area contributed by atoms with E-state index in [0.29, 0.717) is 35.2 Å². The number of pyridine rings is 1. The van der Waals surface area contributed by atoms with Crippen molar-refractivity contribution in [1.82, 2.24) is 20.3 Å². The molecule has 4 N–H and O–H groups in total. The van der Waals surface area contributed by atoms with Crippen LogP contribution in [0.15, 0.2) is 60.7 Å². The molecule has 262 valence electrons. The molecule has 0 bridgehead atoms. The minimum atomic E-state index is -5.04. The molecule has 2 aromatic carbocycles. The molecule has 2 aromatic heterocycles. The highest BCUT2D eigenvalue weighted by atomic mass is 19.4. The summed E-state index contributed by atoms with van der Waals surface area (Å²) in [6.45, 7) is 6.27. The molecule has 2 aliphatic carbocycles. The Morgan fingerprint density at radius 2 is 1.86 bits per heavy atom. The van der Waals surface area contributed by atoms with Crippen LogP contribution in [-0.2, 0) is 6.18 Å². The van der Waals surface area contributed by atoms with Crippen LogP contribution in [0.1, 0.15) is 90.8 Å². The summed E-state index contributed by atoms with van der Waals surface area (Å²) < 4.78 is 76.1. The van der Waals surface area contributed by atoms with E-state index in [4.69, 9.17) is 4.74 Å². The van der Waals surface area contributed by atoms with Gasteiger partial charge in [-0.05, 0) is 61.6 Å². The van der Waals surface area contributed by atoms with Gasteiger partial charge in [-0.2, -0.15) is 13.2 Å². The predicted molar refractivity (Wildman–Crippen MR) is 182 cm³/mol. The summed E-state index contributed by atoms with van der Waals surface area (Å²) in [5.41, 5.74) is 5.29. The molecule has 0 spiro atoms. The van der Waals surface area contributed by atoms with E-state index in [-0.39, 0.29) is 48.4 Å². The number of terminal acetylenes is 1. The second kappa shape index (κ2) is 15.2. The molecule has 3 heterocycles. The zero-order valence-corrected chi connectivity index (χ0v) is 27.9. The number of halogens is 5. The molecule has 1 fully saturated rings. The quantitative estimate of drug-likeness (QED) is 0.102. The van der Waals surface area contributed by atoms with Crippen LogP contribution >= 0.6 is 0 Å². The second-order valence-corrected chi connectivity index (χ2v) is 12.2. The van der Waals surface area contributed by atoms with E-state index in [1.165, 1.54) is 0 Å². The fraction of sp³-hybridized carbons (Fsp3) is 0.342. The minimum absolute atomic E-state index is 0.119. The van der Waals surface area contributed by atoms with E-state index in [0.717, 1.165) is 29.7 Å². The number of nitrogens with two attached hydrogens (primary N) is 1. The molecular formula is C38H38F5N5O2. The highest BCUT2D eigenvalue weighted by molar-refractivity contribution is 5.97. The fourth-order valence-corrected chi connectivity index (χ4v) is 6.11. The molecular weight excluding hydrogens is 653 g/mol. The van der Waals surface area contributed by atoms with Crippen LogP contribution in [0, 0.1) is 30.0 Å². The summed E-state index contributed by atoms with van der Waals surface area (Å²) in [4.78, 5) is 26.0. The lowest BCUT2D eigenvalue weighted by atomic mass is 9.83. The lowest BCUT2D eigenvalue weighted by Gasteiger charge is -2.26. The zero-order valence-electron chi connectivity index (χ0n) is 27.9. The van der Waals surface area contributed by atoms with Gasteiger partial charge in [-0.25, -0.2) is 18.7 Å². The standard InChI is InChI=1S/C34H29F5N4O2.C2H3N.C2H6/c1-17-16-45-31-21(17)13-28(41-30(31)22-12-24(34(37,38)39)26(36)14-25(22)35)23(18-5-3-2-4-6-18)15-40-33(44)20-9-10-27-29(11-20)43-32(42-27)19-7-8-19;1-2-3;1-2/h2-5,9-14,17-19,23H,6-8,15-16H2,1H3,(H,40,44)(H,42,43);1H,3H2;1-2H3. The number of aromatic nitrogens is 3. The Morgan fingerprint density at radius 1 is 1.12 bits per heavy atom. The Hall–Kier alpha value is -5.18. The van der Waals surface area contributed by atoms with Crippen molar-refractivity contribution >= 4 is 16.9 Å². The monoisotopic (exact) mass is 691 g/mol. The Balaban J connectivity index is 0.000000924. The molecule has 0 saturated heterocycles. The van der Waals surface area contributed by atoms with Crippen LogP contribution in [0.2, 0.25) is 0 Å². The van der Waals surface area contributed by atoms with E-state index in [9.17, 15) is 22.4 Å². The summed E-state index contributed by atoms with van der Waals surface area (Å²) in [7, 11) is 0. The van der Waals surface area contributed by atoms with Crippen LogP contribution in [-0.4, -0.2) is 34.0 Å². The number of imidazole rings is 1. The zero-order chi connectivity index (χ0) is 36.2. The lowest BCUT2D eigenvalue weighted by molar-refractivity contribution is -0.140. The van der Waals surface area contributed by atoms with Gasteiger partial charge in [0.1, 0.15) is 28.9 Å². The van der Waals surface area contributed by atoms with E-state index < -0.39 is 34.9 Å². The van der Waals surface area contributed by atoms with Gasteiger partial charge in [0.25, 0.3) is 5.91 Å². The number of nitrogens with one attached hydrogen (secondary N) is 2. The highest BCUT2D eigenvalue weighted by Crippen LogP contribution is 2.45. The van der Waals surface area contributed by atoms with Gasteiger partial charge in [-0.1, -0.05) is 51.5 Å². The molecule has 50 heavy (non-hydrogen) atoms. The third-order valence-electron chi connectivity index (χ3n) is 8.77. The van der Waals surface area contributed by atoms with Crippen LogP contribution in [0.5, 0.6) is 5.75 Å². The van der Waals surface area contributed by atoms with Crippen LogP contribution < -0.4 is 15.8 Å². The molecule has 1 saturated carbocycles. The number of benzene rings is 2. The molecule has 7 nitrogen and oxygen atoms in total. The number of carbonyl (C=O) groups excluding carboxylic acids is 1. The normalized spacial score (nSPS) is 18.1.